The molecule has 11 heteroatoms. The zero-order valence-electron chi connectivity index (χ0n) is 20.1. The van der Waals surface area contributed by atoms with E-state index in [1.54, 1.807) is 37.4 Å². The summed E-state index contributed by atoms with van der Waals surface area (Å²) in [6.07, 6.45) is 4.37. The zero-order valence-corrected chi connectivity index (χ0v) is 20.9. The summed E-state index contributed by atoms with van der Waals surface area (Å²) in [6.45, 7) is 3.96. The number of hydrogen-bond donors (Lipinski definition) is 2. The quantitative estimate of drug-likeness (QED) is 0.368. The topological polar surface area (TPSA) is 128 Å². The van der Waals surface area contributed by atoms with Crippen molar-refractivity contribution in [2.45, 2.75) is 38.0 Å². The van der Waals surface area contributed by atoms with E-state index < -0.39 is 10.0 Å². The maximum atomic E-state index is 12.9. The van der Waals surface area contributed by atoms with Gasteiger partial charge < -0.3 is 10.1 Å². The van der Waals surface area contributed by atoms with Gasteiger partial charge in [0.2, 0.25) is 16.0 Å². The highest BCUT2D eigenvalue weighted by Crippen LogP contribution is 2.31. The molecule has 0 bridgehead atoms. The Labute approximate surface area is 208 Å². The summed E-state index contributed by atoms with van der Waals surface area (Å²) in [7, 11) is -1.73. The molecule has 0 unspecified atom stereocenters. The van der Waals surface area contributed by atoms with Crippen molar-refractivity contribution >= 4 is 32.7 Å². The lowest BCUT2D eigenvalue weighted by atomic mass is 10.1. The average Bonchev–Trinajstić information content (AvgIpc) is 3.68. The van der Waals surface area contributed by atoms with Crippen LogP contribution < -0.4 is 20.3 Å². The van der Waals surface area contributed by atoms with Crippen LogP contribution in [0.4, 0.5) is 11.8 Å². The highest BCUT2D eigenvalue weighted by Gasteiger charge is 2.36. The predicted molar refractivity (Wildman–Crippen MR) is 139 cm³/mol. The molecule has 1 fully saturated rings. The molecule has 36 heavy (non-hydrogen) atoms. The molecule has 186 valence electrons. The Morgan fingerprint density at radius 3 is 2.58 bits per heavy atom. The number of nitrogens with zero attached hydrogens (tertiary/aromatic N) is 4. The lowest BCUT2D eigenvalue weighted by molar-refractivity contribution is 0.483. The molecule has 0 radical (unpaired) electrons. The SMILES string of the molecule is CC(C)Nc1ncc(-c2ccc3cc(Oc4ccnc(NS(=O)(=O)C5CC5)c4)ccc3n2)c(=O)n1C. The van der Waals surface area contributed by atoms with Gasteiger partial charge in [0.1, 0.15) is 17.3 Å². The van der Waals surface area contributed by atoms with Crippen LogP contribution in [-0.4, -0.2) is 39.2 Å². The first-order chi connectivity index (χ1) is 17.2. The third-order valence-electron chi connectivity index (χ3n) is 5.70. The van der Waals surface area contributed by atoms with Crippen LogP contribution >= 0.6 is 0 Å². The van der Waals surface area contributed by atoms with Gasteiger partial charge in [0, 0.05) is 36.9 Å². The lowest BCUT2D eigenvalue weighted by Crippen LogP contribution is -2.25. The lowest BCUT2D eigenvalue weighted by Gasteiger charge is -2.13. The first kappa shape index (κ1) is 23.7. The first-order valence-corrected chi connectivity index (χ1v) is 13.1. The number of anilines is 2. The van der Waals surface area contributed by atoms with Crippen molar-refractivity contribution in [3.63, 3.8) is 0 Å². The van der Waals surface area contributed by atoms with E-state index in [1.807, 2.05) is 26.0 Å². The smallest absolute Gasteiger partial charge is 0.264 e. The van der Waals surface area contributed by atoms with Gasteiger partial charge in [0.25, 0.3) is 5.56 Å². The van der Waals surface area contributed by atoms with E-state index in [1.165, 1.54) is 17.0 Å². The predicted octanol–water partition coefficient (Wildman–Crippen LogP) is 3.91. The molecular weight excluding hydrogens is 480 g/mol. The van der Waals surface area contributed by atoms with Crippen molar-refractivity contribution < 1.29 is 13.2 Å². The molecule has 0 amide bonds. The monoisotopic (exact) mass is 506 g/mol. The summed E-state index contributed by atoms with van der Waals surface area (Å²) in [5.41, 5.74) is 1.44. The van der Waals surface area contributed by atoms with Crippen molar-refractivity contribution in [3.05, 3.63) is 65.2 Å². The van der Waals surface area contributed by atoms with Gasteiger partial charge in [-0.05, 0) is 57.0 Å². The minimum Gasteiger partial charge on any atom is -0.457 e. The van der Waals surface area contributed by atoms with Gasteiger partial charge in [0.15, 0.2) is 0 Å². The Kier molecular flexibility index (Phi) is 6.09. The van der Waals surface area contributed by atoms with Crippen LogP contribution in [-0.2, 0) is 17.1 Å². The molecule has 10 nitrogen and oxygen atoms in total. The molecule has 4 aromatic rings. The van der Waals surface area contributed by atoms with E-state index in [0.29, 0.717) is 47.1 Å². The van der Waals surface area contributed by atoms with Crippen LogP contribution in [0.5, 0.6) is 11.5 Å². The van der Waals surface area contributed by atoms with E-state index in [-0.39, 0.29) is 22.7 Å². The molecule has 1 aromatic carbocycles. The second kappa shape index (κ2) is 9.23. The normalized spacial score (nSPS) is 13.7. The number of aromatic nitrogens is 4. The largest absolute Gasteiger partial charge is 0.457 e. The fourth-order valence-corrected chi connectivity index (χ4v) is 5.03. The standard InChI is InChI=1S/C25H26N6O4S/c1-15(2)28-25-27-14-20(24(32)31(25)3)22-8-4-16-12-17(5-9-21(16)29-22)35-18-10-11-26-23(13-18)30-36(33,34)19-6-7-19/h4-5,8-15,19H,6-7H2,1-3H3,(H,26,30)(H,27,28). The van der Waals surface area contributed by atoms with Crippen LogP contribution in [0.25, 0.3) is 22.2 Å². The van der Waals surface area contributed by atoms with Crippen molar-refractivity contribution in [3.8, 4) is 22.8 Å². The van der Waals surface area contributed by atoms with Gasteiger partial charge in [-0.1, -0.05) is 6.07 Å². The molecule has 0 atom stereocenters. The zero-order chi connectivity index (χ0) is 25.4. The summed E-state index contributed by atoms with van der Waals surface area (Å²) in [6, 6.07) is 12.4. The number of ether oxygens (including phenoxy) is 1. The number of benzene rings is 1. The molecule has 0 aliphatic heterocycles. The van der Waals surface area contributed by atoms with Crippen LogP contribution in [0, 0.1) is 0 Å². The van der Waals surface area contributed by atoms with Gasteiger partial charge in [-0.25, -0.2) is 23.4 Å². The number of nitrogens with one attached hydrogen (secondary N) is 2. The van der Waals surface area contributed by atoms with Gasteiger partial charge >= 0.3 is 0 Å². The molecule has 5 rings (SSSR count). The van der Waals surface area contributed by atoms with E-state index in [2.05, 4.69) is 25.0 Å². The maximum Gasteiger partial charge on any atom is 0.264 e. The molecule has 3 aromatic heterocycles. The van der Waals surface area contributed by atoms with Crippen LogP contribution in [0.1, 0.15) is 26.7 Å². The second-order valence-corrected chi connectivity index (χ2v) is 11.0. The van der Waals surface area contributed by atoms with E-state index in [9.17, 15) is 13.2 Å². The summed E-state index contributed by atoms with van der Waals surface area (Å²) >= 11 is 0. The Morgan fingerprint density at radius 1 is 1.06 bits per heavy atom. The van der Waals surface area contributed by atoms with E-state index in [4.69, 9.17) is 4.74 Å². The Hall–Kier alpha value is -3.99. The summed E-state index contributed by atoms with van der Waals surface area (Å²) in [4.78, 5) is 26.0. The number of pyridine rings is 2. The van der Waals surface area contributed by atoms with E-state index >= 15 is 0 Å². The number of hydrogen-bond acceptors (Lipinski definition) is 8. The fraction of sp³-hybridized carbons (Fsp3) is 0.280. The first-order valence-electron chi connectivity index (χ1n) is 11.6. The molecule has 1 saturated carbocycles. The maximum absolute atomic E-state index is 12.9. The molecule has 1 aliphatic carbocycles. The molecule has 1 aliphatic rings. The molecule has 0 spiro atoms. The van der Waals surface area contributed by atoms with E-state index in [0.717, 1.165) is 5.39 Å². The summed E-state index contributed by atoms with van der Waals surface area (Å²) < 4.78 is 34.3. The van der Waals surface area contributed by atoms with Gasteiger partial charge in [-0.15, -0.1) is 0 Å². The number of fused-ring (bicyclic) bond motifs is 1. The Balaban J connectivity index is 1.37. The second-order valence-electron chi connectivity index (χ2n) is 9.03. The minimum atomic E-state index is -3.41. The highest BCUT2D eigenvalue weighted by molar-refractivity contribution is 7.93. The molecule has 2 N–H and O–H groups in total. The molecule has 3 heterocycles. The van der Waals surface area contributed by atoms with Crippen LogP contribution in [0.3, 0.4) is 0 Å². The molecular formula is C25H26N6O4S. The van der Waals surface area contributed by atoms with Crippen LogP contribution in [0.2, 0.25) is 0 Å². The van der Waals surface area contributed by atoms with Crippen molar-refractivity contribution in [2.75, 3.05) is 10.0 Å². The summed E-state index contributed by atoms with van der Waals surface area (Å²) in [5.74, 6) is 1.73. The average molecular weight is 507 g/mol. The highest BCUT2D eigenvalue weighted by atomic mass is 32.2. The van der Waals surface area contributed by atoms with Crippen molar-refractivity contribution in [1.82, 2.24) is 19.5 Å². The third-order valence-corrected chi connectivity index (χ3v) is 7.54. The minimum absolute atomic E-state index is 0.148. The third kappa shape index (κ3) is 5.01. The Bertz CT molecular complexity index is 1610. The summed E-state index contributed by atoms with van der Waals surface area (Å²) in [5, 5.41) is 3.63. The molecule has 0 saturated heterocycles. The van der Waals surface area contributed by atoms with Crippen molar-refractivity contribution in [1.29, 1.82) is 0 Å². The van der Waals surface area contributed by atoms with Gasteiger partial charge in [-0.2, -0.15) is 0 Å². The number of rotatable bonds is 8. The van der Waals surface area contributed by atoms with Crippen LogP contribution in [0.15, 0.2) is 59.7 Å². The Morgan fingerprint density at radius 2 is 1.83 bits per heavy atom. The van der Waals surface area contributed by atoms with Gasteiger partial charge in [0.05, 0.1) is 22.0 Å². The van der Waals surface area contributed by atoms with Crippen molar-refractivity contribution in [2.24, 2.45) is 7.05 Å². The number of sulfonamides is 1. The van der Waals surface area contributed by atoms with Gasteiger partial charge in [-0.3, -0.25) is 14.1 Å². The fourth-order valence-electron chi connectivity index (χ4n) is 3.70.